The Labute approximate surface area is 351 Å². The number of benzene rings is 9. The molecule has 0 unspecified atom stereocenters. The lowest BCUT2D eigenvalue weighted by molar-refractivity contribution is 0.660. The quantitative estimate of drug-likeness (QED) is 0.169. The van der Waals surface area contributed by atoms with Crippen molar-refractivity contribution in [2.45, 2.75) is 38.5 Å². The molecule has 0 atom stereocenters. The van der Waals surface area contributed by atoms with E-state index in [0.717, 1.165) is 5.69 Å². The predicted octanol–water partition coefficient (Wildman–Crippen LogP) is 15.7. The van der Waals surface area contributed by atoms with Crippen LogP contribution in [-0.2, 0) is 10.8 Å². The molecule has 0 saturated heterocycles. The number of anilines is 3. The number of fused-ring (bicyclic) bond motifs is 10. The van der Waals surface area contributed by atoms with Crippen LogP contribution in [-0.4, -0.2) is 4.57 Å². The van der Waals surface area contributed by atoms with Gasteiger partial charge < -0.3 is 9.47 Å². The maximum absolute atomic E-state index is 2.54. The summed E-state index contributed by atoms with van der Waals surface area (Å²) in [4.78, 5) is 2.54. The van der Waals surface area contributed by atoms with Gasteiger partial charge in [0.2, 0.25) is 0 Å². The summed E-state index contributed by atoms with van der Waals surface area (Å²) in [6, 6.07) is 72.3. The summed E-state index contributed by atoms with van der Waals surface area (Å²) >= 11 is 0. The van der Waals surface area contributed by atoms with Crippen molar-refractivity contribution >= 4 is 49.6 Å². The number of aromatic nitrogens is 1. The molecule has 0 aliphatic heterocycles. The van der Waals surface area contributed by atoms with E-state index in [1.54, 1.807) is 0 Å². The van der Waals surface area contributed by atoms with E-state index in [1.165, 1.54) is 105 Å². The molecule has 10 aromatic rings. The van der Waals surface area contributed by atoms with Crippen molar-refractivity contribution in [1.82, 2.24) is 4.57 Å². The maximum atomic E-state index is 2.54. The van der Waals surface area contributed by atoms with Crippen LogP contribution in [0, 0.1) is 0 Å². The van der Waals surface area contributed by atoms with E-state index in [4.69, 9.17) is 0 Å². The Morgan fingerprint density at radius 3 is 1.45 bits per heavy atom. The van der Waals surface area contributed by atoms with E-state index in [9.17, 15) is 0 Å². The summed E-state index contributed by atoms with van der Waals surface area (Å²) in [6.07, 6.45) is 0. The number of hydrogen-bond acceptors (Lipinski definition) is 1. The van der Waals surface area contributed by atoms with Crippen LogP contribution in [0.25, 0.3) is 71.6 Å². The van der Waals surface area contributed by atoms with Gasteiger partial charge in [-0.15, -0.1) is 0 Å². The fourth-order valence-corrected chi connectivity index (χ4v) is 10.9. The van der Waals surface area contributed by atoms with Gasteiger partial charge in [0.15, 0.2) is 0 Å². The second kappa shape index (κ2) is 12.7. The van der Waals surface area contributed by atoms with Gasteiger partial charge in [-0.25, -0.2) is 0 Å². The Morgan fingerprint density at radius 1 is 0.383 bits per heavy atom. The molecule has 0 fully saturated rings. The van der Waals surface area contributed by atoms with Crippen LogP contribution in [0.5, 0.6) is 0 Å². The Balaban J connectivity index is 1.02. The predicted molar refractivity (Wildman–Crippen MR) is 254 cm³/mol. The summed E-state index contributed by atoms with van der Waals surface area (Å²) in [5.74, 6) is 0. The molecule has 286 valence electrons. The van der Waals surface area contributed by atoms with Crippen molar-refractivity contribution in [2.75, 3.05) is 4.90 Å². The summed E-state index contributed by atoms with van der Waals surface area (Å²) in [5.41, 5.74) is 20.1. The first-order chi connectivity index (χ1) is 29.3. The first-order valence-electron chi connectivity index (χ1n) is 21.2. The highest BCUT2D eigenvalue weighted by Gasteiger charge is 2.40. The smallest absolute Gasteiger partial charge is 0.0543 e. The van der Waals surface area contributed by atoms with Gasteiger partial charge >= 0.3 is 0 Å². The molecule has 0 amide bonds. The van der Waals surface area contributed by atoms with Crippen LogP contribution >= 0.6 is 0 Å². The molecule has 2 aliphatic carbocycles. The lowest BCUT2D eigenvalue weighted by Gasteiger charge is -2.31. The van der Waals surface area contributed by atoms with Gasteiger partial charge in [-0.05, 0) is 104 Å². The van der Waals surface area contributed by atoms with Gasteiger partial charge in [-0.3, -0.25) is 0 Å². The monoisotopic (exact) mass is 768 g/mol. The van der Waals surface area contributed by atoms with Gasteiger partial charge in [0.1, 0.15) is 0 Å². The molecule has 2 heteroatoms. The molecule has 12 rings (SSSR count). The van der Waals surface area contributed by atoms with Crippen LogP contribution in [0.4, 0.5) is 17.1 Å². The van der Waals surface area contributed by atoms with E-state index >= 15 is 0 Å². The summed E-state index contributed by atoms with van der Waals surface area (Å²) in [6.45, 7) is 9.48. The molecule has 1 heterocycles. The second-order valence-electron chi connectivity index (χ2n) is 17.7. The first kappa shape index (κ1) is 34.8. The molecule has 60 heavy (non-hydrogen) atoms. The third-order valence-corrected chi connectivity index (χ3v) is 13.8. The van der Waals surface area contributed by atoms with Crippen molar-refractivity contribution in [3.8, 4) is 39.1 Å². The maximum Gasteiger partial charge on any atom is 0.0543 e. The molecule has 0 bridgehead atoms. The van der Waals surface area contributed by atoms with Crippen LogP contribution < -0.4 is 4.90 Å². The van der Waals surface area contributed by atoms with Crippen LogP contribution in [0.15, 0.2) is 194 Å². The minimum absolute atomic E-state index is 0.111. The van der Waals surface area contributed by atoms with Gasteiger partial charge in [0.05, 0.1) is 22.4 Å². The largest absolute Gasteiger partial charge is 0.309 e. The SMILES string of the molecule is CC1(C)c2ccccc2-c2c(N(c3ccc(-c4cccc5cc(-n6c7ccccc7c7ccccc76)ccc45)cc3)c3cccc4c3-c3ccccc3C4(C)C)cccc21. The molecule has 0 radical (unpaired) electrons. The molecule has 0 spiro atoms. The number of hydrogen-bond donors (Lipinski definition) is 0. The highest BCUT2D eigenvalue weighted by atomic mass is 15.1. The zero-order valence-corrected chi connectivity index (χ0v) is 34.4. The van der Waals surface area contributed by atoms with Crippen LogP contribution in [0.1, 0.15) is 49.9 Å². The molecule has 1 aromatic heterocycles. The van der Waals surface area contributed by atoms with E-state index in [2.05, 4.69) is 231 Å². The Morgan fingerprint density at radius 2 is 0.867 bits per heavy atom. The Kier molecular flexibility index (Phi) is 7.36. The highest BCUT2D eigenvalue weighted by molar-refractivity contribution is 6.10. The minimum Gasteiger partial charge on any atom is -0.309 e. The van der Waals surface area contributed by atoms with Crippen molar-refractivity contribution < 1.29 is 0 Å². The fourth-order valence-electron chi connectivity index (χ4n) is 10.9. The van der Waals surface area contributed by atoms with Crippen molar-refractivity contribution in [3.05, 3.63) is 216 Å². The van der Waals surface area contributed by atoms with Crippen LogP contribution in [0.3, 0.4) is 0 Å². The van der Waals surface area contributed by atoms with E-state index in [1.807, 2.05) is 0 Å². The lowest BCUT2D eigenvalue weighted by atomic mass is 9.82. The number of para-hydroxylation sites is 2. The fraction of sp³-hybridized carbons (Fsp3) is 0.103. The first-order valence-corrected chi connectivity index (χ1v) is 21.2. The average Bonchev–Trinajstić information content (AvgIpc) is 3.84. The van der Waals surface area contributed by atoms with Crippen molar-refractivity contribution in [2.24, 2.45) is 0 Å². The molecular weight excluding hydrogens is 725 g/mol. The second-order valence-corrected chi connectivity index (χ2v) is 17.7. The number of rotatable bonds is 5. The van der Waals surface area contributed by atoms with Gasteiger partial charge in [-0.1, -0.05) is 173 Å². The van der Waals surface area contributed by atoms with E-state index in [-0.39, 0.29) is 10.8 Å². The molecule has 0 saturated carbocycles. The van der Waals surface area contributed by atoms with Crippen molar-refractivity contribution in [1.29, 1.82) is 0 Å². The summed E-state index contributed by atoms with van der Waals surface area (Å²) in [5, 5.41) is 5.02. The molecule has 2 aliphatic rings. The molecule has 2 nitrogen and oxygen atoms in total. The standard InChI is InChI=1S/C58H44N2/c1-57(2)47-22-9-5-19-45(47)55-49(57)24-14-28-53(55)59(54-29-15-25-50-56(54)46-20-6-10-23-48(46)58(50,3)4)39-32-30-37(31-33-39)41-21-13-16-38-36-40(34-35-42(38)41)60-51-26-11-7-17-43(51)44-18-8-12-27-52(44)60/h5-36H,1-4H3. The Bertz CT molecular complexity index is 3220. The number of nitrogens with zero attached hydrogens (tertiary/aromatic N) is 2. The van der Waals surface area contributed by atoms with Crippen molar-refractivity contribution in [3.63, 3.8) is 0 Å². The van der Waals surface area contributed by atoms with Gasteiger partial charge in [0, 0.05) is 44.1 Å². The average molecular weight is 769 g/mol. The van der Waals surface area contributed by atoms with E-state index < -0.39 is 0 Å². The topological polar surface area (TPSA) is 8.17 Å². The molecular formula is C58H44N2. The third-order valence-electron chi connectivity index (χ3n) is 13.8. The van der Waals surface area contributed by atoms with Crippen LogP contribution in [0.2, 0.25) is 0 Å². The Hall–Kier alpha value is -7.16. The normalized spacial score (nSPS) is 14.3. The summed E-state index contributed by atoms with van der Waals surface area (Å²) in [7, 11) is 0. The zero-order valence-electron chi connectivity index (χ0n) is 34.4. The zero-order chi connectivity index (χ0) is 40.3. The summed E-state index contributed by atoms with van der Waals surface area (Å²) < 4.78 is 2.40. The lowest BCUT2D eigenvalue weighted by Crippen LogP contribution is -2.17. The van der Waals surface area contributed by atoms with Gasteiger partial charge in [-0.2, -0.15) is 0 Å². The molecule has 9 aromatic carbocycles. The third kappa shape index (κ3) is 4.82. The highest BCUT2D eigenvalue weighted by Crippen LogP contribution is 2.58. The minimum atomic E-state index is -0.111. The van der Waals surface area contributed by atoms with E-state index in [0.29, 0.717) is 0 Å². The van der Waals surface area contributed by atoms with Gasteiger partial charge in [0.25, 0.3) is 0 Å². The molecule has 0 N–H and O–H groups in total.